The van der Waals surface area contributed by atoms with E-state index in [1.807, 2.05) is 0 Å². The summed E-state index contributed by atoms with van der Waals surface area (Å²) in [5, 5.41) is 5.86. The Bertz CT molecular complexity index is 901. The molecule has 0 aliphatic rings. The van der Waals surface area contributed by atoms with E-state index >= 15 is 0 Å². The lowest BCUT2D eigenvalue weighted by Crippen LogP contribution is -2.05. The van der Waals surface area contributed by atoms with E-state index in [-0.39, 0.29) is 11.6 Å². The van der Waals surface area contributed by atoms with E-state index in [0.717, 1.165) is 0 Å². The van der Waals surface area contributed by atoms with Crippen molar-refractivity contribution in [2.45, 2.75) is 11.8 Å². The molecule has 23 heavy (non-hydrogen) atoms. The van der Waals surface area contributed by atoms with Gasteiger partial charge in [-0.25, -0.2) is 0 Å². The van der Waals surface area contributed by atoms with Crippen molar-refractivity contribution >= 4 is 27.4 Å². The van der Waals surface area contributed by atoms with Gasteiger partial charge in [-0.15, -0.1) is 0 Å². The molecule has 2 rings (SSSR count). The molecule has 2 N–H and O–H groups in total. The van der Waals surface area contributed by atoms with Crippen LogP contribution in [0.1, 0.15) is 6.92 Å². The van der Waals surface area contributed by atoms with Crippen molar-refractivity contribution in [3.63, 3.8) is 0 Å². The van der Waals surface area contributed by atoms with E-state index in [1.54, 1.807) is 30.3 Å². The summed E-state index contributed by atoms with van der Waals surface area (Å²) in [6.45, 7) is 1.39. The first kappa shape index (κ1) is 16.5. The molecule has 0 atom stereocenters. The third kappa shape index (κ3) is 4.07. The molecule has 118 valence electrons. The van der Waals surface area contributed by atoms with Gasteiger partial charge in [0, 0.05) is 17.5 Å². The van der Waals surface area contributed by atoms with Gasteiger partial charge in [0.05, 0.1) is 5.69 Å². The van der Waals surface area contributed by atoms with Gasteiger partial charge in [0.2, 0.25) is 5.91 Å². The lowest BCUT2D eigenvalue weighted by Gasteiger charge is -2.08. The van der Waals surface area contributed by atoms with Gasteiger partial charge < -0.3 is 5.32 Å². The van der Waals surface area contributed by atoms with Crippen molar-refractivity contribution in [2.24, 2.45) is 5.11 Å². The predicted octanol–water partition coefficient (Wildman–Crippen LogP) is 3.50. The number of hydrogen-bond donors (Lipinski definition) is 2. The summed E-state index contributed by atoms with van der Waals surface area (Å²) in [6, 6.07) is 10.8. The lowest BCUT2D eigenvalue weighted by molar-refractivity contribution is -0.114. The third-order valence-electron chi connectivity index (χ3n) is 2.93. The van der Waals surface area contributed by atoms with E-state index in [1.165, 1.54) is 19.1 Å². The van der Waals surface area contributed by atoms with Crippen LogP contribution in [0.15, 0.2) is 52.5 Å². The SMILES string of the molecule is CC(=O)Nc1ccc(-c2ccc(N=[N+]=[N-])c(S(=O)(=O)O)c2)cc1. The molecule has 9 heteroatoms. The molecular formula is C14H12N4O4S. The van der Waals surface area contributed by atoms with Crippen LogP contribution in [0.3, 0.4) is 0 Å². The molecule has 0 aliphatic heterocycles. The summed E-state index contributed by atoms with van der Waals surface area (Å²) in [7, 11) is -4.53. The van der Waals surface area contributed by atoms with Crippen LogP contribution in [-0.2, 0) is 14.9 Å². The molecular weight excluding hydrogens is 320 g/mol. The number of benzene rings is 2. The number of rotatable bonds is 4. The number of nitrogens with one attached hydrogen (secondary N) is 1. The number of azide groups is 1. The average Bonchev–Trinajstić information content (AvgIpc) is 2.47. The molecule has 0 unspecified atom stereocenters. The second kappa shape index (κ2) is 6.49. The van der Waals surface area contributed by atoms with Crippen molar-refractivity contribution < 1.29 is 17.8 Å². The van der Waals surface area contributed by atoms with E-state index < -0.39 is 15.0 Å². The standard InChI is InChI=1S/C14H12N4O4S/c1-9(19)16-12-5-2-10(3-6-12)11-4-7-13(17-18-15)14(8-11)23(20,21)22/h2-8H,1H3,(H,16,19)(H,20,21,22). The molecule has 0 heterocycles. The van der Waals surface area contributed by atoms with Gasteiger partial charge in [-0.05, 0) is 34.9 Å². The fourth-order valence-corrected chi connectivity index (χ4v) is 2.63. The van der Waals surface area contributed by atoms with Crippen molar-refractivity contribution in [3.8, 4) is 11.1 Å². The van der Waals surface area contributed by atoms with Crippen LogP contribution >= 0.6 is 0 Å². The van der Waals surface area contributed by atoms with Gasteiger partial charge >= 0.3 is 0 Å². The zero-order chi connectivity index (χ0) is 17.0. The second-order valence-corrected chi connectivity index (χ2v) is 6.00. The molecule has 0 fully saturated rings. The van der Waals surface area contributed by atoms with Gasteiger partial charge in [-0.2, -0.15) is 8.42 Å². The number of amides is 1. The minimum atomic E-state index is -4.53. The highest BCUT2D eigenvalue weighted by atomic mass is 32.2. The minimum absolute atomic E-state index is 0.186. The molecule has 0 aromatic heterocycles. The van der Waals surface area contributed by atoms with Crippen molar-refractivity contribution in [3.05, 3.63) is 52.9 Å². The lowest BCUT2D eigenvalue weighted by atomic mass is 10.0. The molecule has 0 aliphatic carbocycles. The van der Waals surface area contributed by atoms with Gasteiger partial charge in [0.1, 0.15) is 4.90 Å². The quantitative estimate of drug-likeness (QED) is 0.383. The molecule has 8 nitrogen and oxygen atoms in total. The summed E-state index contributed by atoms with van der Waals surface area (Å²) in [5.74, 6) is -0.204. The summed E-state index contributed by atoms with van der Waals surface area (Å²) in [6.07, 6.45) is 0. The van der Waals surface area contributed by atoms with Crippen molar-refractivity contribution in [1.82, 2.24) is 0 Å². The Hall–Kier alpha value is -2.87. The average molecular weight is 332 g/mol. The Balaban J connectivity index is 2.48. The Labute approximate surface area is 132 Å². The predicted molar refractivity (Wildman–Crippen MR) is 84.8 cm³/mol. The van der Waals surface area contributed by atoms with Crippen LogP contribution in [0, 0.1) is 0 Å². The highest BCUT2D eigenvalue weighted by Crippen LogP contribution is 2.30. The van der Waals surface area contributed by atoms with Gasteiger partial charge in [-0.1, -0.05) is 29.4 Å². The molecule has 0 spiro atoms. The summed E-state index contributed by atoms with van der Waals surface area (Å²) >= 11 is 0. The maximum absolute atomic E-state index is 11.4. The summed E-state index contributed by atoms with van der Waals surface area (Å²) in [5.41, 5.74) is 10.0. The zero-order valence-electron chi connectivity index (χ0n) is 12.0. The number of carbonyl (C=O) groups excluding carboxylic acids is 1. The van der Waals surface area contributed by atoms with Crippen LogP contribution in [0.5, 0.6) is 0 Å². The van der Waals surface area contributed by atoms with E-state index in [2.05, 4.69) is 15.3 Å². The monoisotopic (exact) mass is 332 g/mol. The Morgan fingerprint density at radius 2 is 1.78 bits per heavy atom. The smallest absolute Gasteiger partial charge is 0.295 e. The van der Waals surface area contributed by atoms with Crippen LogP contribution in [0.2, 0.25) is 0 Å². The van der Waals surface area contributed by atoms with Crippen LogP contribution in [0.4, 0.5) is 11.4 Å². The van der Waals surface area contributed by atoms with Crippen LogP contribution < -0.4 is 5.32 Å². The first-order valence-electron chi connectivity index (χ1n) is 6.36. The van der Waals surface area contributed by atoms with Crippen molar-refractivity contribution in [2.75, 3.05) is 5.32 Å². The van der Waals surface area contributed by atoms with Gasteiger partial charge in [0.15, 0.2) is 0 Å². The maximum Gasteiger partial charge on any atom is 0.295 e. The molecule has 1 amide bonds. The van der Waals surface area contributed by atoms with Crippen LogP contribution in [0.25, 0.3) is 21.6 Å². The van der Waals surface area contributed by atoms with E-state index in [0.29, 0.717) is 16.8 Å². The summed E-state index contributed by atoms with van der Waals surface area (Å²) in [4.78, 5) is 13.0. The van der Waals surface area contributed by atoms with Gasteiger partial charge in [0.25, 0.3) is 10.1 Å². The normalized spacial score (nSPS) is 10.7. The largest absolute Gasteiger partial charge is 0.326 e. The highest BCUT2D eigenvalue weighted by molar-refractivity contribution is 7.86. The Morgan fingerprint density at radius 1 is 1.17 bits per heavy atom. The fraction of sp³-hybridized carbons (Fsp3) is 0.0714. The van der Waals surface area contributed by atoms with Crippen molar-refractivity contribution in [1.29, 1.82) is 0 Å². The maximum atomic E-state index is 11.4. The highest BCUT2D eigenvalue weighted by Gasteiger charge is 2.16. The number of anilines is 1. The Kier molecular flexibility index (Phi) is 4.65. The number of hydrogen-bond acceptors (Lipinski definition) is 4. The molecule has 0 radical (unpaired) electrons. The second-order valence-electron chi connectivity index (χ2n) is 4.61. The van der Waals surface area contributed by atoms with E-state index in [9.17, 15) is 17.8 Å². The Morgan fingerprint density at radius 3 is 2.30 bits per heavy atom. The molecule has 2 aromatic carbocycles. The summed E-state index contributed by atoms with van der Waals surface area (Å²) < 4.78 is 32.1. The first-order valence-corrected chi connectivity index (χ1v) is 7.80. The fourth-order valence-electron chi connectivity index (χ4n) is 1.98. The third-order valence-corrected chi connectivity index (χ3v) is 3.81. The van der Waals surface area contributed by atoms with E-state index in [4.69, 9.17) is 5.53 Å². The molecule has 0 saturated carbocycles. The number of nitrogens with zero attached hydrogens (tertiary/aromatic N) is 3. The first-order chi connectivity index (χ1) is 10.8. The molecule has 2 aromatic rings. The minimum Gasteiger partial charge on any atom is -0.326 e. The zero-order valence-corrected chi connectivity index (χ0v) is 12.8. The topological polar surface area (TPSA) is 132 Å². The number of carbonyl (C=O) groups is 1. The molecule has 0 saturated heterocycles. The van der Waals surface area contributed by atoms with Gasteiger partial charge in [-0.3, -0.25) is 9.35 Å². The molecule has 0 bridgehead atoms. The van der Waals surface area contributed by atoms with Crippen LogP contribution in [-0.4, -0.2) is 18.9 Å².